The van der Waals surface area contributed by atoms with E-state index in [1.54, 1.807) is 0 Å². The van der Waals surface area contributed by atoms with Gasteiger partial charge in [0.25, 0.3) is 5.91 Å². The lowest BCUT2D eigenvalue weighted by Gasteiger charge is -2.42. The first-order valence-electron chi connectivity index (χ1n) is 6.50. The summed E-state index contributed by atoms with van der Waals surface area (Å²) in [6.07, 6.45) is 3.95. The lowest BCUT2D eigenvalue weighted by molar-refractivity contribution is 0.0396. The molecule has 18 heavy (non-hydrogen) atoms. The van der Waals surface area contributed by atoms with Crippen LogP contribution >= 0.6 is 0 Å². The summed E-state index contributed by atoms with van der Waals surface area (Å²) in [5.41, 5.74) is 6.22. The number of amides is 1. The molecule has 0 radical (unpaired) electrons. The summed E-state index contributed by atoms with van der Waals surface area (Å²) in [6.45, 7) is 5.05. The molecule has 1 amide bonds. The number of nitrogens with zero attached hydrogens (tertiary/aromatic N) is 3. The second kappa shape index (κ2) is 4.28. The van der Waals surface area contributed by atoms with E-state index >= 15 is 0 Å². The SMILES string of the molecule is CC1CN2CCCC2CN1C(=O)c1cn[nH]c1N. The average molecular weight is 249 g/mol. The van der Waals surface area contributed by atoms with Gasteiger partial charge in [0.05, 0.1) is 6.20 Å². The van der Waals surface area contributed by atoms with Crippen LogP contribution in [0.1, 0.15) is 30.1 Å². The van der Waals surface area contributed by atoms with Gasteiger partial charge in [0.15, 0.2) is 0 Å². The average Bonchev–Trinajstić information content (AvgIpc) is 2.95. The zero-order chi connectivity index (χ0) is 12.7. The van der Waals surface area contributed by atoms with E-state index in [1.165, 1.54) is 25.6 Å². The predicted molar refractivity (Wildman–Crippen MR) is 68.1 cm³/mol. The number of piperazine rings is 1. The first-order valence-corrected chi connectivity index (χ1v) is 6.50. The Bertz CT molecular complexity index is 457. The molecule has 0 aliphatic carbocycles. The van der Waals surface area contributed by atoms with Crippen LogP contribution in [0, 0.1) is 0 Å². The number of aromatic nitrogens is 2. The molecule has 6 heteroatoms. The van der Waals surface area contributed by atoms with Crippen LogP contribution in [0.3, 0.4) is 0 Å². The Labute approximate surface area is 106 Å². The number of carbonyl (C=O) groups excluding carboxylic acids is 1. The highest BCUT2D eigenvalue weighted by Gasteiger charge is 2.37. The van der Waals surface area contributed by atoms with Crippen LogP contribution < -0.4 is 5.73 Å². The number of carbonyl (C=O) groups is 1. The molecule has 98 valence electrons. The zero-order valence-corrected chi connectivity index (χ0v) is 10.6. The van der Waals surface area contributed by atoms with Gasteiger partial charge in [-0.15, -0.1) is 0 Å². The van der Waals surface area contributed by atoms with Crippen LogP contribution in [0.2, 0.25) is 0 Å². The number of aromatic amines is 1. The van der Waals surface area contributed by atoms with Gasteiger partial charge >= 0.3 is 0 Å². The smallest absolute Gasteiger partial charge is 0.259 e. The molecule has 2 unspecified atom stereocenters. The van der Waals surface area contributed by atoms with Gasteiger partial charge in [-0.3, -0.25) is 14.8 Å². The molecule has 2 aliphatic rings. The van der Waals surface area contributed by atoms with E-state index in [9.17, 15) is 4.79 Å². The van der Waals surface area contributed by atoms with Gasteiger partial charge in [0, 0.05) is 25.2 Å². The van der Waals surface area contributed by atoms with Crippen molar-refractivity contribution < 1.29 is 4.79 Å². The first-order chi connectivity index (χ1) is 8.66. The van der Waals surface area contributed by atoms with E-state index in [1.807, 2.05) is 4.90 Å². The van der Waals surface area contributed by atoms with Crippen LogP contribution in [0.5, 0.6) is 0 Å². The van der Waals surface area contributed by atoms with Gasteiger partial charge in [0.2, 0.25) is 0 Å². The fourth-order valence-corrected chi connectivity index (χ4v) is 3.09. The lowest BCUT2D eigenvalue weighted by Crippen LogP contribution is -2.56. The molecule has 3 heterocycles. The van der Waals surface area contributed by atoms with Crippen molar-refractivity contribution in [1.29, 1.82) is 0 Å². The Hall–Kier alpha value is -1.56. The monoisotopic (exact) mass is 249 g/mol. The van der Waals surface area contributed by atoms with Crippen LogP contribution in [-0.2, 0) is 0 Å². The summed E-state index contributed by atoms with van der Waals surface area (Å²) < 4.78 is 0. The second-order valence-corrected chi connectivity index (χ2v) is 5.29. The minimum Gasteiger partial charge on any atom is -0.383 e. The van der Waals surface area contributed by atoms with E-state index in [0.717, 1.165) is 13.1 Å². The van der Waals surface area contributed by atoms with Crippen molar-refractivity contribution in [2.45, 2.75) is 31.8 Å². The molecule has 2 atom stereocenters. The number of anilines is 1. The van der Waals surface area contributed by atoms with E-state index in [-0.39, 0.29) is 11.9 Å². The number of nitrogens with two attached hydrogens (primary N) is 1. The van der Waals surface area contributed by atoms with Gasteiger partial charge in [-0.2, -0.15) is 5.10 Å². The van der Waals surface area contributed by atoms with Gasteiger partial charge in [-0.05, 0) is 26.3 Å². The second-order valence-electron chi connectivity index (χ2n) is 5.29. The molecule has 6 nitrogen and oxygen atoms in total. The maximum atomic E-state index is 12.4. The third-order valence-corrected chi connectivity index (χ3v) is 4.10. The van der Waals surface area contributed by atoms with Gasteiger partial charge in [-0.1, -0.05) is 0 Å². The molecule has 1 aromatic rings. The van der Waals surface area contributed by atoms with Gasteiger partial charge in [0.1, 0.15) is 11.4 Å². The topological polar surface area (TPSA) is 78.2 Å². The third-order valence-electron chi connectivity index (χ3n) is 4.10. The standard InChI is InChI=1S/C12H19N5O/c1-8-6-16-4-2-3-9(16)7-17(8)12(18)10-5-14-15-11(10)13/h5,8-9H,2-4,6-7H2,1H3,(H3,13,14,15). The highest BCUT2D eigenvalue weighted by atomic mass is 16.2. The Morgan fingerprint density at radius 1 is 1.56 bits per heavy atom. The van der Waals surface area contributed by atoms with Crippen LogP contribution in [0.25, 0.3) is 0 Å². The molecular formula is C12H19N5O. The number of fused-ring (bicyclic) bond motifs is 1. The van der Waals surface area contributed by atoms with E-state index in [2.05, 4.69) is 22.0 Å². The molecule has 2 fully saturated rings. The first kappa shape index (κ1) is 11.5. The summed E-state index contributed by atoms with van der Waals surface area (Å²) in [5, 5.41) is 6.44. The largest absolute Gasteiger partial charge is 0.383 e. The third kappa shape index (κ3) is 1.77. The summed E-state index contributed by atoms with van der Waals surface area (Å²) in [5.74, 6) is 0.362. The normalized spacial score (nSPS) is 28.4. The van der Waals surface area contributed by atoms with Crippen molar-refractivity contribution in [3.05, 3.63) is 11.8 Å². The van der Waals surface area contributed by atoms with Crippen LogP contribution in [0.15, 0.2) is 6.20 Å². The Morgan fingerprint density at radius 3 is 3.11 bits per heavy atom. The minimum absolute atomic E-state index is 0.000278. The fourth-order valence-electron chi connectivity index (χ4n) is 3.09. The molecule has 2 aliphatic heterocycles. The van der Waals surface area contributed by atoms with E-state index in [4.69, 9.17) is 5.73 Å². The molecular weight excluding hydrogens is 230 g/mol. The quantitative estimate of drug-likeness (QED) is 0.750. The Balaban J connectivity index is 1.79. The fraction of sp³-hybridized carbons (Fsp3) is 0.667. The van der Waals surface area contributed by atoms with Gasteiger partial charge in [-0.25, -0.2) is 0 Å². The number of nitrogen functional groups attached to an aromatic ring is 1. The van der Waals surface area contributed by atoms with Crippen LogP contribution in [-0.4, -0.2) is 57.6 Å². The van der Waals surface area contributed by atoms with E-state index < -0.39 is 0 Å². The number of H-pyrrole nitrogens is 1. The van der Waals surface area contributed by atoms with Gasteiger partial charge < -0.3 is 10.6 Å². The minimum atomic E-state index is 0.000278. The molecule has 0 saturated carbocycles. The van der Waals surface area contributed by atoms with Crippen molar-refractivity contribution in [3.8, 4) is 0 Å². The van der Waals surface area contributed by atoms with Crippen molar-refractivity contribution in [3.63, 3.8) is 0 Å². The number of nitrogens with one attached hydrogen (secondary N) is 1. The molecule has 3 N–H and O–H groups in total. The summed E-state index contributed by atoms with van der Waals surface area (Å²) in [4.78, 5) is 16.9. The summed E-state index contributed by atoms with van der Waals surface area (Å²) >= 11 is 0. The number of rotatable bonds is 1. The summed E-state index contributed by atoms with van der Waals surface area (Å²) in [6, 6.07) is 0.763. The predicted octanol–water partition coefficient (Wildman–Crippen LogP) is 0.301. The Kier molecular flexibility index (Phi) is 2.74. The van der Waals surface area contributed by atoms with Crippen molar-refractivity contribution in [2.75, 3.05) is 25.4 Å². The number of hydrogen-bond acceptors (Lipinski definition) is 4. The number of hydrogen-bond donors (Lipinski definition) is 2. The molecule has 3 rings (SSSR count). The highest BCUT2D eigenvalue weighted by molar-refractivity contribution is 5.98. The van der Waals surface area contributed by atoms with E-state index in [0.29, 0.717) is 17.4 Å². The van der Waals surface area contributed by atoms with Crippen molar-refractivity contribution in [2.24, 2.45) is 0 Å². The van der Waals surface area contributed by atoms with Crippen molar-refractivity contribution in [1.82, 2.24) is 20.0 Å². The molecule has 0 bridgehead atoms. The maximum absolute atomic E-state index is 12.4. The lowest BCUT2D eigenvalue weighted by atomic mass is 10.1. The highest BCUT2D eigenvalue weighted by Crippen LogP contribution is 2.26. The molecule has 0 aromatic carbocycles. The zero-order valence-electron chi connectivity index (χ0n) is 10.6. The molecule has 1 aromatic heterocycles. The van der Waals surface area contributed by atoms with Crippen molar-refractivity contribution >= 4 is 11.7 Å². The Morgan fingerprint density at radius 2 is 2.39 bits per heavy atom. The van der Waals surface area contributed by atoms with Crippen LogP contribution in [0.4, 0.5) is 5.82 Å². The molecule has 0 spiro atoms. The molecule has 2 saturated heterocycles. The maximum Gasteiger partial charge on any atom is 0.259 e. The summed E-state index contributed by atoms with van der Waals surface area (Å²) in [7, 11) is 0.